The molecule has 18 heavy (non-hydrogen) atoms. The van der Waals surface area contributed by atoms with Gasteiger partial charge in [0, 0.05) is 19.2 Å². The monoisotopic (exact) mass is 249 g/mol. The average Bonchev–Trinajstić information content (AvgIpc) is 2.86. The molecule has 3 heteroatoms. The highest BCUT2D eigenvalue weighted by molar-refractivity contribution is 5.28. The quantitative estimate of drug-likeness (QED) is 0.870. The summed E-state index contributed by atoms with van der Waals surface area (Å²) < 4.78 is 10.6. The summed E-state index contributed by atoms with van der Waals surface area (Å²) in [5, 5.41) is 3.68. The van der Waals surface area contributed by atoms with Gasteiger partial charge in [-0.1, -0.05) is 12.1 Å². The summed E-state index contributed by atoms with van der Waals surface area (Å²) in [6.45, 7) is 2.21. The Bertz CT molecular complexity index is 363. The van der Waals surface area contributed by atoms with Gasteiger partial charge < -0.3 is 14.8 Å². The van der Waals surface area contributed by atoms with Crippen molar-refractivity contribution in [3.63, 3.8) is 0 Å². The van der Waals surface area contributed by atoms with Gasteiger partial charge in [-0.3, -0.25) is 0 Å². The highest BCUT2D eigenvalue weighted by Gasteiger charge is 2.25. The van der Waals surface area contributed by atoms with Crippen LogP contribution in [0, 0.1) is 0 Å². The second-order valence-electron chi connectivity index (χ2n) is 5.03. The molecule has 3 nitrogen and oxygen atoms in total. The van der Waals surface area contributed by atoms with Crippen molar-refractivity contribution in [3.05, 3.63) is 29.8 Å². The summed E-state index contributed by atoms with van der Waals surface area (Å²) in [5.74, 6) is 0.909. The molecule has 3 unspecified atom stereocenters. The molecule has 1 aliphatic carbocycles. The lowest BCUT2D eigenvalue weighted by atomic mass is 10.1. The molecule has 100 valence electrons. The number of hydrogen-bond donors (Lipinski definition) is 1. The van der Waals surface area contributed by atoms with Crippen LogP contribution in [0.25, 0.3) is 0 Å². The predicted molar refractivity (Wildman–Crippen MR) is 73.0 cm³/mol. The van der Waals surface area contributed by atoms with E-state index in [1.165, 1.54) is 18.4 Å². The lowest BCUT2D eigenvalue weighted by Crippen LogP contribution is -2.29. The third-order valence-electron chi connectivity index (χ3n) is 3.82. The van der Waals surface area contributed by atoms with Gasteiger partial charge in [-0.15, -0.1) is 0 Å². The molecule has 1 aromatic rings. The van der Waals surface area contributed by atoms with E-state index in [2.05, 4.69) is 24.4 Å². The third kappa shape index (κ3) is 3.24. The van der Waals surface area contributed by atoms with E-state index in [1.54, 1.807) is 14.2 Å². The summed E-state index contributed by atoms with van der Waals surface area (Å²) in [6.07, 6.45) is 3.94. The van der Waals surface area contributed by atoms with Crippen molar-refractivity contribution in [2.45, 2.75) is 44.4 Å². The van der Waals surface area contributed by atoms with Gasteiger partial charge in [0.25, 0.3) is 0 Å². The smallest absolute Gasteiger partial charge is 0.118 e. The zero-order valence-electron chi connectivity index (χ0n) is 11.5. The number of benzene rings is 1. The Morgan fingerprint density at radius 2 is 1.89 bits per heavy atom. The van der Waals surface area contributed by atoms with Crippen molar-refractivity contribution in [1.82, 2.24) is 5.32 Å². The van der Waals surface area contributed by atoms with Crippen molar-refractivity contribution >= 4 is 0 Å². The van der Waals surface area contributed by atoms with Crippen LogP contribution in [0.1, 0.15) is 37.8 Å². The van der Waals surface area contributed by atoms with Crippen molar-refractivity contribution in [1.29, 1.82) is 0 Å². The van der Waals surface area contributed by atoms with Crippen LogP contribution in [-0.4, -0.2) is 26.4 Å². The molecule has 0 heterocycles. The van der Waals surface area contributed by atoms with E-state index in [9.17, 15) is 0 Å². The molecule has 0 spiro atoms. The Morgan fingerprint density at radius 3 is 2.44 bits per heavy atom. The van der Waals surface area contributed by atoms with Crippen molar-refractivity contribution < 1.29 is 9.47 Å². The van der Waals surface area contributed by atoms with Gasteiger partial charge in [-0.05, 0) is 43.9 Å². The number of rotatable bonds is 5. The average molecular weight is 249 g/mol. The van der Waals surface area contributed by atoms with E-state index in [-0.39, 0.29) is 0 Å². The molecule has 2 rings (SSSR count). The van der Waals surface area contributed by atoms with Crippen LogP contribution in [0.2, 0.25) is 0 Å². The van der Waals surface area contributed by atoms with Crippen molar-refractivity contribution in [2.24, 2.45) is 0 Å². The van der Waals surface area contributed by atoms with Crippen molar-refractivity contribution in [2.75, 3.05) is 14.2 Å². The fourth-order valence-corrected chi connectivity index (χ4v) is 2.65. The third-order valence-corrected chi connectivity index (χ3v) is 3.82. The Kier molecular flexibility index (Phi) is 4.61. The van der Waals surface area contributed by atoms with Crippen LogP contribution in [0.4, 0.5) is 0 Å². The Morgan fingerprint density at radius 1 is 1.17 bits per heavy atom. The van der Waals surface area contributed by atoms with Crippen LogP contribution >= 0.6 is 0 Å². The number of nitrogens with one attached hydrogen (secondary N) is 1. The van der Waals surface area contributed by atoms with Gasteiger partial charge in [0.15, 0.2) is 0 Å². The minimum atomic E-state index is 0.372. The first-order chi connectivity index (χ1) is 8.72. The maximum atomic E-state index is 5.40. The van der Waals surface area contributed by atoms with E-state index < -0.39 is 0 Å². The van der Waals surface area contributed by atoms with Gasteiger partial charge in [-0.2, -0.15) is 0 Å². The van der Waals surface area contributed by atoms with Crippen LogP contribution in [0.15, 0.2) is 24.3 Å². The molecule has 0 bridgehead atoms. The number of methoxy groups -OCH3 is 2. The molecule has 0 aromatic heterocycles. The summed E-state index contributed by atoms with van der Waals surface area (Å²) in [4.78, 5) is 0. The van der Waals surface area contributed by atoms with Crippen LogP contribution in [-0.2, 0) is 4.74 Å². The highest BCUT2D eigenvalue weighted by atomic mass is 16.5. The Labute approximate surface area is 109 Å². The fourth-order valence-electron chi connectivity index (χ4n) is 2.65. The van der Waals surface area contributed by atoms with Crippen LogP contribution in [0.5, 0.6) is 5.75 Å². The summed E-state index contributed by atoms with van der Waals surface area (Å²) in [7, 11) is 3.50. The Balaban J connectivity index is 1.89. The van der Waals surface area contributed by atoms with Gasteiger partial charge in [0.05, 0.1) is 13.2 Å². The molecule has 0 radical (unpaired) electrons. The van der Waals surface area contributed by atoms with E-state index in [0.29, 0.717) is 18.2 Å². The second kappa shape index (κ2) is 6.21. The molecule has 3 atom stereocenters. The van der Waals surface area contributed by atoms with Crippen molar-refractivity contribution in [3.8, 4) is 5.75 Å². The van der Waals surface area contributed by atoms with E-state index in [0.717, 1.165) is 12.2 Å². The molecule has 1 fully saturated rings. The first-order valence-corrected chi connectivity index (χ1v) is 6.65. The molecule has 1 N–H and O–H groups in total. The molecule has 1 aromatic carbocycles. The summed E-state index contributed by atoms with van der Waals surface area (Å²) in [5.41, 5.74) is 1.30. The minimum absolute atomic E-state index is 0.372. The zero-order valence-corrected chi connectivity index (χ0v) is 11.5. The van der Waals surface area contributed by atoms with Gasteiger partial charge >= 0.3 is 0 Å². The molecule has 0 aliphatic heterocycles. The largest absolute Gasteiger partial charge is 0.497 e. The number of ether oxygens (including phenoxy) is 2. The number of hydrogen-bond acceptors (Lipinski definition) is 3. The highest BCUT2D eigenvalue weighted by Crippen LogP contribution is 2.25. The SMILES string of the molecule is COc1ccc(C(C)NC2CCC(OC)C2)cc1. The molecule has 0 saturated heterocycles. The predicted octanol–water partition coefficient (Wildman–Crippen LogP) is 2.91. The molecule has 1 aliphatic rings. The van der Waals surface area contributed by atoms with Crippen LogP contribution in [0.3, 0.4) is 0 Å². The minimum Gasteiger partial charge on any atom is -0.497 e. The van der Waals surface area contributed by atoms with Crippen LogP contribution < -0.4 is 10.1 Å². The fraction of sp³-hybridized carbons (Fsp3) is 0.600. The molecular weight excluding hydrogens is 226 g/mol. The van der Waals surface area contributed by atoms with Gasteiger partial charge in [0.2, 0.25) is 0 Å². The Hall–Kier alpha value is -1.06. The summed E-state index contributed by atoms with van der Waals surface area (Å²) in [6, 6.07) is 9.22. The van der Waals surface area contributed by atoms with E-state index in [4.69, 9.17) is 9.47 Å². The first kappa shape index (κ1) is 13.4. The molecule has 0 amide bonds. The van der Waals surface area contributed by atoms with E-state index in [1.807, 2.05) is 12.1 Å². The standard InChI is InChI=1S/C15H23NO2/c1-11(12-4-7-14(17-2)8-5-12)16-13-6-9-15(10-13)18-3/h4-5,7-8,11,13,15-16H,6,9-10H2,1-3H3. The first-order valence-electron chi connectivity index (χ1n) is 6.65. The lowest BCUT2D eigenvalue weighted by molar-refractivity contribution is 0.106. The normalized spacial score (nSPS) is 25.1. The van der Waals surface area contributed by atoms with Gasteiger partial charge in [0.1, 0.15) is 5.75 Å². The maximum Gasteiger partial charge on any atom is 0.118 e. The topological polar surface area (TPSA) is 30.5 Å². The van der Waals surface area contributed by atoms with Gasteiger partial charge in [-0.25, -0.2) is 0 Å². The molecule has 1 saturated carbocycles. The summed E-state index contributed by atoms with van der Waals surface area (Å²) >= 11 is 0. The zero-order chi connectivity index (χ0) is 13.0. The van der Waals surface area contributed by atoms with E-state index >= 15 is 0 Å². The molecular formula is C15H23NO2. The maximum absolute atomic E-state index is 5.40. The second-order valence-corrected chi connectivity index (χ2v) is 5.03. The lowest BCUT2D eigenvalue weighted by Gasteiger charge is -2.20.